The van der Waals surface area contributed by atoms with Gasteiger partial charge in [-0.15, -0.1) is 0 Å². The zero-order valence-corrected chi connectivity index (χ0v) is 11.5. The highest BCUT2D eigenvalue weighted by atomic mass is 35.5. The average molecular weight is 279 g/mol. The van der Waals surface area contributed by atoms with E-state index in [0.29, 0.717) is 29.4 Å². The second-order valence-corrected chi connectivity index (χ2v) is 4.98. The first kappa shape index (κ1) is 13.7. The highest BCUT2D eigenvalue weighted by molar-refractivity contribution is 6.31. The van der Waals surface area contributed by atoms with Gasteiger partial charge in [-0.1, -0.05) is 11.6 Å². The third-order valence-corrected chi connectivity index (χ3v) is 3.59. The van der Waals surface area contributed by atoms with Crippen molar-refractivity contribution in [2.45, 2.75) is 12.8 Å². The molecule has 1 amide bonds. The van der Waals surface area contributed by atoms with Gasteiger partial charge in [-0.3, -0.25) is 4.79 Å². The van der Waals surface area contributed by atoms with E-state index < -0.39 is 0 Å². The third kappa shape index (κ3) is 2.99. The molecule has 0 aliphatic carbocycles. The van der Waals surface area contributed by atoms with E-state index >= 15 is 0 Å². The van der Waals surface area contributed by atoms with Crippen LogP contribution in [-0.2, 0) is 0 Å². The van der Waals surface area contributed by atoms with Crippen LogP contribution in [0.3, 0.4) is 0 Å². The van der Waals surface area contributed by atoms with Crippen LogP contribution in [0.5, 0.6) is 5.75 Å². The van der Waals surface area contributed by atoms with E-state index in [-0.39, 0.29) is 11.8 Å². The van der Waals surface area contributed by atoms with Crippen LogP contribution in [0.2, 0.25) is 5.02 Å². The normalized spacial score (nSPS) is 15.9. The summed E-state index contributed by atoms with van der Waals surface area (Å²) in [5.74, 6) is 0.498. The van der Waals surface area contributed by atoms with Crippen LogP contribution in [0.4, 0.5) is 0 Å². The lowest BCUT2D eigenvalue weighted by Gasteiger charge is -2.29. The van der Waals surface area contributed by atoms with Gasteiger partial charge in [0.2, 0.25) is 0 Å². The number of amides is 1. The quantitative estimate of drug-likeness (QED) is 0.836. The van der Waals surface area contributed by atoms with Gasteiger partial charge in [-0.25, -0.2) is 0 Å². The topological polar surface area (TPSA) is 53.3 Å². The molecule has 0 unspecified atom stereocenters. The third-order valence-electron chi connectivity index (χ3n) is 3.36. The molecule has 0 atom stereocenters. The van der Waals surface area contributed by atoms with Gasteiger partial charge in [0, 0.05) is 24.0 Å². The zero-order valence-electron chi connectivity index (χ0n) is 10.7. The van der Waals surface area contributed by atoms with Crippen molar-refractivity contribution in [3.05, 3.63) is 28.8 Å². The minimum atomic E-state index is -0.0873. The maximum atomic E-state index is 12.4. The lowest BCUT2D eigenvalue weighted by molar-refractivity contribution is 0.0704. The Morgan fingerprint density at radius 1 is 1.47 bits per heavy atom. The van der Waals surface area contributed by atoms with E-state index in [1.54, 1.807) is 23.1 Å². The van der Waals surface area contributed by atoms with Gasteiger partial charge in [-0.2, -0.15) is 5.26 Å². The minimum Gasteiger partial charge on any atom is -0.496 e. The van der Waals surface area contributed by atoms with Crippen LogP contribution in [0, 0.1) is 17.2 Å². The van der Waals surface area contributed by atoms with E-state index in [9.17, 15) is 4.79 Å². The molecule has 5 heteroatoms. The molecule has 19 heavy (non-hydrogen) atoms. The number of ether oxygens (including phenoxy) is 1. The number of piperidine rings is 1. The molecule has 1 aliphatic heterocycles. The maximum Gasteiger partial charge on any atom is 0.257 e. The molecule has 1 fully saturated rings. The first-order chi connectivity index (χ1) is 9.15. The maximum absolute atomic E-state index is 12.4. The molecule has 1 aromatic rings. The molecule has 1 aliphatic rings. The van der Waals surface area contributed by atoms with Crippen LogP contribution >= 0.6 is 11.6 Å². The number of hydrogen-bond donors (Lipinski definition) is 0. The number of rotatable bonds is 2. The number of carbonyl (C=O) groups excluding carboxylic acids is 1. The monoisotopic (exact) mass is 278 g/mol. The molecule has 2 rings (SSSR count). The van der Waals surface area contributed by atoms with Crippen molar-refractivity contribution in [2.24, 2.45) is 5.92 Å². The molecular weight excluding hydrogens is 264 g/mol. The number of likely N-dealkylation sites (tertiary alicyclic amines) is 1. The Morgan fingerprint density at radius 3 is 2.74 bits per heavy atom. The molecule has 1 heterocycles. The Labute approximate surface area is 117 Å². The van der Waals surface area contributed by atoms with E-state index in [1.165, 1.54) is 7.11 Å². The van der Waals surface area contributed by atoms with Gasteiger partial charge < -0.3 is 9.64 Å². The summed E-state index contributed by atoms with van der Waals surface area (Å²) < 4.78 is 5.20. The second kappa shape index (κ2) is 5.94. The molecule has 0 aromatic heterocycles. The fourth-order valence-corrected chi connectivity index (χ4v) is 2.40. The van der Waals surface area contributed by atoms with Gasteiger partial charge in [0.25, 0.3) is 5.91 Å². The van der Waals surface area contributed by atoms with Crippen molar-refractivity contribution in [1.29, 1.82) is 5.26 Å². The van der Waals surface area contributed by atoms with Gasteiger partial charge in [-0.05, 0) is 31.0 Å². The Balaban J connectivity index is 2.16. The molecule has 0 N–H and O–H groups in total. The predicted molar refractivity (Wildman–Crippen MR) is 72.2 cm³/mol. The molecule has 100 valence electrons. The number of methoxy groups -OCH3 is 1. The van der Waals surface area contributed by atoms with Crippen LogP contribution in [0.15, 0.2) is 18.2 Å². The summed E-state index contributed by atoms with van der Waals surface area (Å²) in [7, 11) is 1.53. The van der Waals surface area contributed by atoms with E-state index in [2.05, 4.69) is 6.07 Å². The summed E-state index contributed by atoms with van der Waals surface area (Å²) >= 11 is 5.93. The SMILES string of the molecule is COc1ccc(Cl)cc1C(=O)N1CCC(C#N)CC1. The molecule has 1 saturated heterocycles. The Morgan fingerprint density at radius 2 is 2.16 bits per heavy atom. The summed E-state index contributed by atoms with van der Waals surface area (Å²) in [5, 5.41) is 9.37. The van der Waals surface area contributed by atoms with E-state index in [0.717, 1.165) is 12.8 Å². The second-order valence-electron chi connectivity index (χ2n) is 4.54. The van der Waals surface area contributed by atoms with Crippen LogP contribution in [0.1, 0.15) is 23.2 Å². The highest BCUT2D eigenvalue weighted by Crippen LogP contribution is 2.26. The first-order valence-electron chi connectivity index (χ1n) is 6.18. The van der Waals surface area contributed by atoms with Gasteiger partial charge in [0.1, 0.15) is 5.75 Å². The van der Waals surface area contributed by atoms with Crippen molar-refractivity contribution < 1.29 is 9.53 Å². The molecule has 0 saturated carbocycles. The smallest absolute Gasteiger partial charge is 0.257 e. The Kier molecular flexibility index (Phi) is 4.28. The molecule has 4 nitrogen and oxygen atoms in total. The summed E-state index contributed by atoms with van der Waals surface area (Å²) in [6.07, 6.45) is 1.45. The van der Waals surface area contributed by atoms with Crippen LogP contribution in [0.25, 0.3) is 0 Å². The number of hydrogen-bond acceptors (Lipinski definition) is 3. The van der Waals surface area contributed by atoms with Crippen molar-refractivity contribution in [3.63, 3.8) is 0 Å². The number of nitriles is 1. The van der Waals surface area contributed by atoms with E-state index in [1.807, 2.05) is 0 Å². The summed E-state index contributed by atoms with van der Waals surface area (Å²) in [5.41, 5.74) is 0.477. The van der Waals surface area contributed by atoms with Crippen LogP contribution in [-0.4, -0.2) is 31.0 Å². The van der Waals surface area contributed by atoms with E-state index in [4.69, 9.17) is 21.6 Å². The lowest BCUT2D eigenvalue weighted by atomic mass is 9.98. The number of halogens is 1. The van der Waals surface area contributed by atoms with Gasteiger partial charge >= 0.3 is 0 Å². The summed E-state index contributed by atoms with van der Waals surface area (Å²) in [4.78, 5) is 14.2. The van der Waals surface area contributed by atoms with Crippen molar-refractivity contribution in [3.8, 4) is 11.8 Å². The standard InChI is InChI=1S/C14H15ClN2O2/c1-19-13-3-2-11(15)8-12(13)14(18)17-6-4-10(9-16)5-7-17/h2-3,8,10H,4-7H2,1H3. The van der Waals surface area contributed by atoms with Gasteiger partial charge in [0.15, 0.2) is 0 Å². The Hall–Kier alpha value is -1.73. The van der Waals surface area contributed by atoms with Crippen molar-refractivity contribution in [1.82, 2.24) is 4.90 Å². The fourth-order valence-electron chi connectivity index (χ4n) is 2.23. The van der Waals surface area contributed by atoms with Crippen LogP contribution < -0.4 is 4.74 Å². The van der Waals surface area contributed by atoms with Crippen molar-refractivity contribution in [2.75, 3.05) is 20.2 Å². The fraction of sp³-hybridized carbons (Fsp3) is 0.429. The molecule has 0 bridgehead atoms. The van der Waals surface area contributed by atoms with Gasteiger partial charge in [0.05, 0.1) is 18.7 Å². The number of carbonyl (C=O) groups is 1. The zero-order chi connectivity index (χ0) is 13.8. The predicted octanol–water partition coefficient (Wildman–Crippen LogP) is 2.72. The molecule has 0 spiro atoms. The largest absolute Gasteiger partial charge is 0.496 e. The van der Waals surface area contributed by atoms with Crippen molar-refractivity contribution >= 4 is 17.5 Å². The average Bonchev–Trinajstić information content (AvgIpc) is 2.46. The summed E-state index contributed by atoms with van der Waals surface area (Å²) in [6.45, 7) is 1.21. The number of benzene rings is 1. The first-order valence-corrected chi connectivity index (χ1v) is 6.56. The molecule has 1 aromatic carbocycles. The minimum absolute atomic E-state index is 0.0605. The summed E-state index contributed by atoms with van der Waals surface area (Å²) in [6, 6.07) is 7.26. The Bertz CT molecular complexity index is 517. The lowest BCUT2D eigenvalue weighted by Crippen LogP contribution is -2.38. The number of nitrogens with zero attached hydrogens (tertiary/aromatic N) is 2. The molecular formula is C14H15ClN2O2. The molecule has 0 radical (unpaired) electrons. The highest BCUT2D eigenvalue weighted by Gasteiger charge is 2.25.